The molecule has 0 radical (unpaired) electrons. The molecular formula is C14H17N3O3. The number of esters is 1. The van der Waals surface area contributed by atoms with Crippen LogP contribution in [0.3, 0.4) is 0 Å². The van der Waals surface area contributed by atoms with Gasteiger partial charge in [-0.3, -0.25) is 9.89 Å². The first-order chi connectivity index (χ1) is 9.72. The number of aromatic nitrogens is 3. The molecule has 0 atom stereocenters. The van der Waals surface area contributed by atoms with E-state index in [9.17, 15) is 9.59 Å². The zero-order valence-corrected chi connectivity index (χ0v) is 11.4. The molecule has 0 saturated carbocycles. The third-order valence-electron chi connectivity index (χ3n) is 3.68. The van der Waals surface area contributed by atoms with E-state index in [4.69, 9.17) is 4.74 Å². The van der Waals surface area contributed by atoms with Crippen LogP contribution in [0, 0.1) is 0 Å². The Balaban J connectivity index is 2.19. The topological polar surface area (TPSA) is 76.5 Å². The lowest BCUT2D eigenvalue weighted by atomic mass is 10.1. The minimum atomic E-state index is -0.452. The lowest BCUT2D eigenvalue weighted by Crippen LogP contribution is -2.22. The van der Waals surface area contributed by atoms with Crippen molar-refractivity contribution in [1.29, 1.82) is 0 Å². The van der Waals surface area contributed by atoms with Gasteiger partial charge in [0.15, 0.2) is 5.65 Å². The van der Waals surface area contributed by atoms with Crippen molar-refractivity contribution in [3.05, 3.63) is 33.4 Å². The average Bonchev–Trinajstić information content (AvgIpc) is 2.70. The molecule has 2 heterocycles. The maximum atomic E-state index is 12.5. The Labute approximate surface area is 115 Å². The summed E-state index contributed by atoms with van der Waals surface area (Å²) in [6.07, 6.45) is 6.21. The van der Waals surface area contributed by atoms with Crippen LogP contribution in [0.4, 0.5) is 0 Å². The number of rotatable bonds is 2. The van der Waals surface area contributed by atoms with Gasteiger partial charge in [-0.15, -0.1) is 0 Å². The van der Waals surface area contributed by atoms with Crippen LogP contribution in [0.15, 0.2) is 11.0 Å². The van der Waals surface area contributed by atoms with Crippen molar-refractivity contribution >= 4 is 11.6 Å². The number of fused-ring (bicyclic) bond motifs is 2. The number of aryl methyl sites for hydroxylation is 1. The first-order valence-electron chi connectivity index (χ1n) is 7.01. The van der Waals surface area contributed by atoms with E-state index in [-0.39, 0.29) is 5.56 Å². The van der Waals surface area contributed by atoms with E-state index < -0.39 is 5.97 Å². The van der Waals surface area contributed by atoms with Gasteiger partial charge in [-0.1, -0.05) is 6.42 Å². The molecular weight excluding hydrogens is 258 g/mol. The van der Waals surface area contributed by atoms with E-state index in [1.807, 2.05) is 0 Å². The number of ether oxygens (including phenoxy) is 1. The molecule has 0 amide bonds. The van der Waals surface area contributed by atoms with Gasteiger partial charge in [0.2, 0.25) is 0 Å². The summed E-state index contributed by atoms with van der Waals surface area (Å²) in [5, 5.41) is 2.81. The van der Waals surface area contributed by atoms with E-state index in [0.717, 1.165) is 43.4 Å². The van der Waals surface area contributed by atoms with Gasteiger partial charge < -0.3 is 4.74 Å². The Morgan fingerprint density at radius 2 is 2.20 bits per heavy atom. The zero-order valence-electron chi connectivity index (χ0n) is 11.4. The van der Waals surface area contributed by atoms with Crippen molar-refractivity contribution in [2.24, 2.45) is 0 Å². The summed E-state index contributed by atoms with van der Waals surface area (Å²) in [6, 6.07) is 0. The van der Waals surface area contributed by atoms with Crippen LogP contribution < -0.4 is 5.56 Å². The van der Waals surface area contributed by atoms with Crippen LogP contribution in [0.1, 0.15) is 47.8 Å². The molecule has 20 heavy (non-hydrogen) atoms. The van der Waals surface area contributed by atoms with E-state index in [0.29, 0.717) is 17.8 Å². The molecule has 0 spiro atoms. The van der Waals surface area contributed by atoms with Crippen LogP contribution >= 0.6 is 0 Å². The monoisotopic (exact) mass is 275 g/mol. The standard InChI is InChI=1S/C14H17N3O3/c1-2-20-14(19)10-8-15-17-12(10)16-11-7-5-3-4-6-9(11)13(17)18/h8,15H,2-7H2,1H3. The third-order valence-corrected chi connectivity index (χ3v) is 3.68. The minimum Gasteiger partial charge on any atom is -0.462 e. The van der Waals surface area contributed by atoms with Gasteiger partial charge in [0.1, 0.15) is 5.56 Å². The number of nitrogens with one attached hydrogen (secondary N) is 1. The van der Waals surface area contributed by atoms with Crippen LogP contribution in [-0.2, 0) is 17.6 Å². The molecule has 0 aliphatic heterocycles. The summed E-state index contributed by atoms with van der Waals surface area (Å²) < 4.78 is 6.33. The minimum absolute atomic E-state index is 0.0950. The largest absolute Gasteiger partial charge is 0.462 e. The summed E-state index contributed by atoms with van der Waals surface area (Å²) in [4.78, 5) is 28.9. The molecule has 6 heteroatoms. The molecule has 1 aliphatic carbocycles. The molecule has 3 rings (SSSR count). The second-order valence-electron chi connectivity index (χ2n) is 4.97. The highest BCUT2D eigenvalue weighted by Gasteiger charge is 2.20. The Morgan fingerprint density at radius 3 is 3.00 bits per heavy atom. The number of carbonyl (C=O) groups excluding carboxylic acids is 1. The first kappa shape index (κ1) is 12.9. The van der Waals surface area contributed by atoms with Crippen LogP contribution in [0.2, 0.25) is 0 Å². The highest BCUT2D eigenvalue weighted by molar-refractivity contribution is 5.95. The van der Waals surface area contributed by atoms with Gasteiger partial charge in [-0.25, -0.2) is 14.3 Å². The fourth-order valence-electron chi connectivity index (χ4n) is 2.68. The lowest BCUT2D eigenvalue weighted by Gasteiger charge is -2.05. The van der Waals surface area contributed by atoms with E-state index in [2.05, 4.69) is 10.1 Å². The fourth-order valence-corrected chi connectivity index (χ4v) is 2.68. The van der Waals surface area contributed by atoms with Crippen molar-refractivity contribution < 1.29 is 9.53 Å². The molecule has 0 aromatic carbocycles. The summed E-state index contributed by atoms with van der Waals surface area (Å²) in [5.41, 5.74) is 2.20. The molecule has 6 nitrogen and oxygen atoms in total. The Morgan fingerprint density at radius 1 is 1.40 bits per heavy atom. The number of nitrogens with zero attached hydrogens (tertiary/aromatic N) is 2. The van der Waals surface area contributed by atoms with Crippen molar-refractivity contribution in [3.8, 4) is 0 Å². The van der Waals surface area contributed by atoms with Crippen molar-refractivity contribution in [2.75, 3.05) is 6.61 Å². The summed E-state index contributed by atoms with van der Waals surface area (Å²) in [7, 11) is 0. The van der Waals surface area contributed by atoms with Gasteiger partial charge in [0.25, 0.3) is 5.56 Å². The summed E-state index contributed by atoms with van der Waals surface area (Å²) >= 11 is 0. The van der Waals surface area contributed by atoms with Gasteiger partial charge >= 0.3 is 5.97 Å². The number of hydrogen-bond acceptors (Lipinski definition) is 4. The molecule has 0 fully saturated rings. The molecule has 1 aliphatic rings. The number of H-pyrrole nitrogens is 1. The molecule has 0 bridgehead atoms. The molecule has 106 valence electrons. The Bertz CT molecular complexity index is 714. The van der Waals surface area contributed by atoms with Crippen LogP contribution in [0.5, 0.6) is 0 Å². The van der Waals surface area contributed by atoms with Crippen LogP contribution in [-0.4, -0.2) is 27.2 Å². The molecule has 2 aromatic heterocycles. The highest BCUT2D eigenvalue weighted by atomic mass is 16.5. The van der Waals surface area contributed by atoms with Crippen molar-refractivity contribution in [3.63, 3.8) is 0 Å². The van der Waals surface area contributed by atoms with Crippen molar-refractivity contribution in [2.45, 2.75) is 39.0 Å². The predicted molar refractivity (Wildman–Crippen MR) is 73.0 cm³/mol. The van der Waals surface area contributed by atoms with E-state index >= 15 is 0 Å². The second kappa shape index (κ2) is 5.11. The first-order valence-corrected chi connectivity index (χ1v) is 7.01. The molecule has 2 aromatic rings. The molecule has 0 saturated heterocycles. The summed E-state index contributed by atoms with van der Waals surface area (Å²) in [6.45, 7) is 2.05. The normalized spacial score (nSPS) is 14.8. The Kier molecular flexibility index (Phi) is 3.30. The van der Waals surface area contributed by atoms with E-state index in [1.54, 1.807) is 6.92 Å². The highest BCUT2D eigenvalue weighted by Crippen LogP contribution is 2.18. The smallest absolute Gasteiger partial charge is 0.343 e. The van der Waals surface area contributed by atoms with Gasteiger partial charge in [0.05, 0.1) is 12.3 Å². The van der Waals surface area contributed by atoms with E-state index in [1.165, 1.54) is 10.7 Å². The number of aromatic amines is 1. The second-order valence-corrected chi connectivity index (χ2v) is 4.97. The van der Waals surface area contributed by atoms with Crippen LogP contribution in [0.25, 0.3) is 5.65 Å². The third kappa shape index (κ3) is 2.01. The van der Waals surface area contributed by atoms with Gasteiger partial charge in [0, 0.05) is 11.8 Å². The zero-order chi connectivity index (χ0) is 14.1. The summed E-state index contributed by atoms with van der Waals surface area (Å²) in [5.74, 6) is -0.452. The maximum Gasteiger partial charge on any atom is 0.343 e. The number of hydrogen-bond donors (Lipinski definition) is 1. The van der Waals surface area contributed by atoms with Gasteiger partial charge in [-0.05, 0) is 32.6 Å². The fraction of sp³-hybridized carbons (Fsp3) is 0.500. The molecule has 1 N–H and O–H groups in total. The lowest BCUT2D eigenvalue weighted by molar-refractivity contribution is 0.0528. The average molecular weight is 275 g/mol. The van der Waals surface area contributed by atoms with Gasteiger partial charge in [-0.2, -0.15) is 0 Å². The number of carbonyl (C=O) groups is 1. The Hall–Kier alpha value is -2.11. The van der Waals surface area contributed by atoms with Crippen molar-refractivity contribution in [1.82, 2.24) is 14.6 Å². The predicted octanol–water partition coefficient (Wildman–Crippen LogP) is 1.47. The molecule has 0 unspecified atom stereocenters. The quantitative estimate of drug-likeness (QED) is 0.665. The SMILES string of the molecule is CCOC(=O)c1c[nH]n2c(=O)c3c(nc12)CCCCC3. The maximum absolute atomic E-state index is 12.5.